The molecule has 248 valence electrons. The van der Waals surface area contributed by atoms with E-state index in [1.165, 1.54) is 25.3 Å². The predicted molar refractivity (Wildman–Crippen MR) is 177 cm³/mol. The Bertz CT molecular complexity index is 1850. The number of nitrogens with zero attached hydrogens (tertiary/aromatic N) is 2. The molecular weight excluding hydrogens is 613 g/mol. The lowest BCUT2D eigenvalue weighted by atomic mass is 9.87. The third-order valence-corrected chi connectivity index (χ3v) is 8.25. The monoisotopic (exact) mass is 651 g/mol. The summed E-state index contributed by atoms with van der Waals surface area (Å²) in [7, 11) is 1.52. The Morgan fingerprint density at radius 2 is 1.77 bits per heavy atom. The summed E-state index contributed by atoms with van der Waals surface area (Å²) in [5, 5.41) is 24.1. The van der Waals surface area contributed by atoms with E-state index in [-0.39, 0.29) is 42.6 Å². The van der Waals surface area contributed by atoms with Gasteiger partial charge in [-0.1, -0.05) is 30.3 Å². The number of hydrogen-bond donors (Lipinski definition) is 2. The van der Waals surface area contributed by atoms with Crippen molar-refractivity contribution in [3.8, 4) is 28.8 Å². The zero-order chi connectivity index (χ0) is 34.5. The largest absolute Gasteiger partial charge is 0.493 e. The van der Waals surface area contributed by atoms with Crippen molar-refractivity contribution < 1.29 is 33.3 Å². The van der Waals surface area contributed by atoms with Crippen LogP contribution in [0.4, 0.5) is 9.18 Å². The number of Topliss-reactive ketones (excluding diaryl/α,β-unsaturated/α-hetero) is 1. The third-order valence-electron chi connectivity index (χ3n) is 8.25. The highest BCUT2D eigenvalue weighted by Gasteiger charge is 2.32. The Kier molecular flexibility index (Phi) is 10.1. The van der Waals surface area contributed by atoms with Gasteiger partial charge in [-0.05, 0) is 99.7 Å². The van der Waals surface area contributed by atoms with Crippen molar-refractivity contribution in [3.05, 3.63) is 113 Å². The molecule has 1 atom stereocenters. The number of benzene rings is 3. The number of carbonyl (C=O) groups is 2. The van der Waals surface area contributed by atoms with Crippen LogP contribution in [0.25, 0.3) is 11.3 Å². The molecule has 1 heterocycles. The van der Waals surface area contributed by atoms with E-state index in [4.69, 9.17) is 19.2 Å². The minimum Gasteiger partial charge on any atom is -0.493 e. The van der Waals surface area contributed by atoms with Crippen molar-refractivity contribution >= 4 is 11.9 Å². The average Bonchev–Trinajstić information content (AvgIpc) is 3.91. The molecule has 0 radical (unpaired) electrons. The molecule has 9 nitrogen and oxygen atoms in total. The topological polar surface area (TPSA) is 131 Å². The van der Waals surface area contributed by atoms with Crippen LogP contribution in [0.1, 0.15) is 79.2 Å². The van der Waals surface area contributed by atoms with E-state index in [9.17, 15) is 24.3 Å². The highest BCUT2D eigenvalue weighted by Crippen LogP contribution is 2.36. The Morgan fingerprint density at radius 1 is 1.02 bits per heavy atom. The number of ketones is 1. The zero-order valence-electron chi connectivity index (χ0n) is 27.4. The number of methoxy groups -OCH3 is 1. The molecule has 1 saturated carbocycles. The number of nitriles is 1. The van der Waals surface area contributed by atoms with E-state index in [1.54, 1.807) is 51.1 Å². The molecule has 0 saturated heterocycles. The molecular formula is C38H38FN3O6. The highest BCUT2D eigenvalue weighted by atomic mass is 19.1. The van der Waals surface area contributed by atoms with E-state index >= 15 is 0 Å². The smallest absolute Gasteiger partial charge is 0.408 e. The normalized spacial score (nSPS) is 13.9. The molecule has 3 aromatic carbocycles. The Morgan fingerprint density at radius 3 is 2.46 bits per heavy atom. The van der Waals surface area contributed by atoms with Gasteiger partial charge in [0.05, 0.1) is 35.7 Å². The van der Waals surface area contributed by atoms with Crippen LogP contribution in [0.15, 0.2) is 78.9 Å². The van der Waals surface area contributed by atoms with Gasteiger partial charge >= 0.3 is 6.09 Å². The summed E-state index contributed by atoms with van der Waals surface area (Å²) < 4.78 is 31.0. The van der Waals surface area contributed by atoms with Crippen LogP contribution >= 0.6 is 0 Å². The summed E-state index contributed by atoms with van der Waals surface area (Å²) >= 11 is 0. The molecule has 1 fully saturated rings. The van der Waals surface area contributed by atoms with E-state index in [0.29, 0.717) is 33.9 Å². The number of nitrogens with one attached hydrogen (secondary N) is 1. The lowest BCUT2D eigenvalue weighted by molar-refractivity contribution is 0.0396. The van der Waals surface area contributed by atoms with Crippen LogP contribution in [0.3, 0.4) is 0 Å². The first-order chi connectivity index (χ1) is 22.9. The first-order valence-corrected chi connectivity index (χ1v) is 15.7. The van der Waals surface area contributed by atoms with Crippen molar-refractivity contribution in [1.82, 2.24) is 10.3 Å². The number of aliphatic hydroxyl groups is 1. The predicted octanol–water partition coefficient (Wildman–Crippen LogP) is 7.34. The summed E-state index contributed by atoms with van der Waals surface area (Å²) in [4.78, 5) is 30.8. The second kappa shape index (κ2) is 14.2. The van der Waals surface area contributed by atoms with E-state index in [1.807, 2.05) is 36.4 Å². The number of ether oxygens (including phenoxy) is 3. The molecule has 0 aliphatic heterocycles. The molecule has 0 bridgehead atoms. The third kappa shape index (κ3) is 8.35. The second-order valence-corrected chi connectivity index (χ2v) is 12.6. The lowest BCUT2D eigenvalue weighted by Gasteiger charge is -2.30. The zero-order valence-corrected chi connectivity index (χ0v) is 27.4. The maximum atomic E-state index is 14.2. The molecule has 4 aromatic rings. The Balaban J connectivity index is 1.40. The van der Waals surface area contributed by atoms with Gasteiger partial charge in [0.1, 0.15) is 24.1 Å². The van der Waals surface area contributed by atoms with Gasteiger partial charge in [-0.25, -0.2) is 14.2 Å². The van der Waals surface area contributed by atoms with E-state index in [0.717, 1.165) is 18.4 Å². The highest BCUT2D eigenvalue weighted by molar-refractivity contribution is 5.96. The van der Waals surface area contributed by atoms with Crippen LogP contribution in [-0.2, 0) is 22.5 Å². The molecule has 1 aromatic heterocycles. The number of carbonyl (C=O) groups excluding carboxylic acids is 2. The molecule has 2 N–H and O–H groups in total. The summed E-state index contributed by atoms with van der Waals surface area (Å²) in [5.74, 6) is 0.169. The number of rotatable bonds is 13. The van der Waals surface area contributed by atoms with Crippen LogP contribution in [0.5, 0.6) is 11.5 Å². The van der Waals surface area contributed by atoms with Gasteiger partial charge in [-0.2, -0.15) is 5.26 Å². The molecule has 0 spiro atoms. The van der Waals surface area contributed by atoms with Crippen molar-refractivity contribution in [3.63, 3.8) is 0 Å². The Labute approximate surface area is 279 Å². The fourth-order valence-electron chi connectivity index (χ4n) is 5.11. The van der Waals surface area contributed by atoms with Crippen molar-refractivity contribution in [2.75, 3.05) is 7.11 Å². The van der Waals surface area contributed by atoms with Crippen molar-refractivity contribution in [1.29, 1.82) is 5.26 Å². The van der Waals surface area contributed by atoms with Gasteiger partial charge in [-0.3, -0.25) is 4.79 Å². The summed E-state index contributed by atoms with van der Waals surface area (Å²) in [6.45, 7) is 5.18. The van der Waals surface area contributed by atoms with Gasteiger partial charge in [0.15, 0.2) is 17.3 Å². The maximum absolute atomic E-state index is 14.2. The summed E-state index contributed by atoms with van der Waals surface area (Å²) in [5.41, 5.74) is 0.0306. The van der Waals surface area contributed by atoms with Gasteiger partial charge < -0.3 is 24.6 Å². The first kappa shape index (κ1) is 34.1. The number of pyridine rings is 1. The van der Waals surface area contributed by atoms with Gasteiger partial charge in [0.25, 0.3) is 0 Å². The molecule has 1 aliphatic rings. The molecule has 1 aliphatic carbocycles. The first-order valence-electron chi connectivity index (χ1n) is 15.7. The minimum absolute atomic E-state index is 0.0111. The number of hydrogen-bond acceptors (Lipinski definition) is 8. The standard InChI is InChI=1S/C38H38FN3O6/c1-37(2,42-36(44)47-23-24-8-6-5-7-9-24)28-20-31(25-10-14-30(39)27(18-25)22-40)41-35(21-28)38(3,45)17-16-32(43)26-11-15-33(34(19-26)46-4)48-29-12-13-29/h5-11,14-15,18-21,29,45H,12-13,16-17,23H2,1-4H3,(H,42,44). The van der Waals surface area contributed by atoms with Crippen LogP contribution in [-0.4, -0.2) is 35.2 Å². The molecule has 48 heavy (non-hydrogen) atoms. The van der Waals surface area contributed by atoms with Gasteiger partial charge in [0.2, 0.25) is 0 Å². The molecule has 1 amide bonds. The van der Waals surface area contributed by atoms with Crippen molar-refractivity contribution in [2.45, 2.75) is 70.3 Å². The van der Waals surface area contributed by atoms with Crippen molar-refractivity contribution in [2.24, 2.45) is 0 Å². The average molecular weight is 652 g/mol. The van der Waals surface area contributed by atoms with E-state index < -0.39 is 23.1 Å². The molecule has 1 unspecified atom stereocenters. The molecule has 10 heteroatoms. The number of halogens is 1. The summed E-state index contributed by atoms with van der Waals surface area (Å²) in [6.07, 6.45) is 1.50. The van der Waals surface area contributed by atoms with Crippen LogP contribution < -0.4 is 14.8 Å². The quantitative estimate of drug-likeness (QED) is 0.144. The lowest BCUT2D eigenvalue weighted by Crippen LogP contribution is -2.41. The number of aromatic nitrogens is 1. The van der Waals surface area contributed by atoms with E-state index in [2.05, 4.69) is 5.32 Å². The van der Waals surface area contributed by atoms with Gasteiger partial charge in [-0.15, -0.1) is 0 Å². The number of alkyl carbamates (subject to hydrolysis) is 1. The molecule has 5 rings (SSSR count). The van der Waals surface area contributed by atoms with Gasteiger partial charge in [0, 0.05) is 17.5 Å². The SMILES string of the molecule is COc1cc(C(=O)CCC(C)(O)c2cc(C(C)(C)NC(=O)OCc3ccccc3)cc(-c3ccc(F)c(C#N)c3)n2)ccc1OC1CC1. The fraction of sp³-hybridized carbons (Fsp3) is 0.316. The fourth-order valence-corrected chi connectivity index (χ4v) is 5.11. The number of amides is 1. The second-order valence-electron chi connectivity index (χ2n) is 12.6. The van der Waals surface area contributed by atoms with Crippen LogP contribution in [0.2, 0.25) is 0 Å². The Hall–Kier alpha value is -5.27. The maximum Gasteiger partial charge on any atom is 0.408 e. The van der Waals surface area contributed by atoms with Crippen LogP contribution in [0, 0.1) is 17.1 Å². The summed E-state index contributed by atoms with van der Waals surface area (Å²) in [6, 6.07) is 23.6. The minimum atomic E-state index is -1.60.